The highest BCUT2D eigenvalue weighted by Gasteiger charge is 2.27. The molecule has 11 heteroatoms. The van der Waals surface area contributed by atoms with Gasteiger partial charge in [0.2, 0.25) is 0 Å². The second-order valence-corrected chi connectivity index (χ2v) is 7.06. The number of likely N-dealkylation sites (N-methyl/N-ethyl adjacent to an activating group) is 1. The number of nitrogens with zero attached hydrogens (tertiary/aromatic N) is 5. The molecule has 0 saturated heterocycles. The van der Waals surface area contributed by atoms with E-state index in [4.69, 9.17) is 21.1 Å². The van der Waals surface area contributed by atoms with Crippen molar-refractivity contribution in [3.05, 3.63) is 41.5 Å². The Morgan fingerprint density at radius 1 is 1.33 bits per heavy atom. The quantitative estimate of drug-likeness (QED) is 0.465. The van der Waals surface area contributed by atoms with Crippen molar-refractivity contribution in [2.45, 2.75) is 6.04 Å². The van der Waals surface area contributed by atoms with Gasteiger partial charge in [-0.2, -0.15) is 0 Å². The van der Waals surface area contributed by atoms with Crippen LogP contribution < -0.4 is 10.1 Å². The number of ether oxygens (including phenoxy) is 2. The monoisotopic (exact) mass is 433 g/mol. The fourth-order valence-corrected chi connectivity index (χ4v) is 3.80. The van der Waals surface area contributed by atoms with Gasteiger partial charge in [0.15, 0.2) is 11.6 Å². The molecular weight excluding hydrogens is 413 g/mol. The number of halogens is 2. The van der Waals surface area contributed by atoms with Crippen molar-refractivity contribution in [1.82, 2.24) is 34.6 Å². The molecule has 0 spiro atoms. The Morgan fingerprint density at radius 3 is 2.77 bits per heavy atom. The first-order valence-corrected chi connectivity index (χ1v) is 9.51. The van der Waals surface area contributed by atoms with Crippen molar-refractivity contribution >= 4 is 22.5 Å². The van der Waals surface area contributed by atoms with Crippen LogP contribution >= 0.6 is 11.6 Å². The summed E-state index contributed by atoms with van der Waals surface area (Å²) in [7, 11) is 6.62. The topological polar surface area (TPSA) is 94.8 Å². The van der Waals surface area contributed by atoms with E-state index in [2.05, 4.69) is 25.5 Å². The third-order valence-electron chi connectivity index (χ3n) is 5.02. The maximum atomic E-state index is 15.2. The lowest BCUT2D eigenvalue weighted by Gasteiger charge is -2.11. The lowest BCUT2D eigenvalue weighted by molar-refractivity contribution is 0.167. The van der Waals surface area contributed by atoms with E-state index in [0.29, 0.717) is 40.5 Å². The molecular formula is C19H21ClFN7O2. The van der Waals surface area contributed by atoms with E-state index in [-0.39, 0.29) is 16.8 Å². The van der Waals surface area contributed by atoms with E-state index in [1.807, 2.05) is 7.05 Å². The summed E-state index contributed by atoms with van der Waals surface area (Å²) in [5, 5.41) is 12.2. The number of hydrogen-bond donors (Lipinski definition) is 2. The number of H-pyrrole nitrogens is 1. The molecule has 1 aromatic carbocycles. The average Bonchev–Trinajstić information content (AvgIpc) is 3.48. The fourth-order valence-electron chi connectivity index (χ4n) is 3.58. The molecule has 158 valence electrons. The molecule has 0 aliphatic heterocycles. The van der Waals surface area contributed by atoms with Gasteiger partial charge in [0.05, 0.1) is 37.3 Å². The third kappa shape index (κ3) is 3.13. The standard InChI is InChI=1S/C19H21ClFN7O2/c1-22-11(8-29-3)18-24-19(26-25-18)17-16(28-6-5-23-9-28)10-7-12(30-4)13(20)14(21)15(10)27(17)2/h5-7,9,11,22H,8H2,1-4H3,(H,24,25,26)/t11-/m0/s1. The molecule has 4 aromatic rings. The molecule has 0 amide bonds. The summed E-state index contributed by atoms with van der Waals surface area (Å²) in [5.41, 5.74) is 1.62. The van der Waals surface area contributed by atoms with Crippen LogP contribution in [-0.2, 0) is 11.8 Å². The molecule has 0 bridgehead atoms. The van der Waals surface area contributed by atoms with E-state index < -0.39 is 5.82 Å². The first kappa shape index (κ1) is 20.3. The Morgan fingerprint density at radius 2 is 2.13 bits per heavy atom. The molecule has 0 fully saturated rings. The van der Waals surface area contributed by atoms with Crippen LogP contribution in [0, 0.1) is 5.82 Å². The smallest absolute Gasteiger partial charge is 0.180 e. The van der Waals surface area contributed by atoms with Gasteiger partial charge >= 0.3 is 0 Å². The number of aromatic amines is 1. The molecule has 0 saturated carbocycles. The van der Waals surface area contributed by atoms with Crippen LogP contribution in [-0.4, -0.2) is 57.2 Å². The van der Waals surface area contributed by atoms with Gasteiger partial charge in [-0.3, -0.25) is 0 Å². The van der Waals surface area contributed by atoms with Gasteiger partial charge in [-0.05, 0) is 13.1 Å². The van der Waals surface area contributed by atoms with Crippen LogP contribution in [0.4, 0.5) is 4.39 Å². The van der Waals surface area contributed by atoms with Crippen molar-refractivity contribution < 1.29 is 13.9 Å². The molecule has 30 heavy (non-hydrogen) atoms. The Labute approximate surface area is 176 Å². The minimum atomic E-state index is -0.576. The molecule has 4 rings (SSSR count). The minimum absolute atomic E-state index is 0.0806. The van der Waals surface area contributed by atoms with Gasteiger partial charge in [-0.25, -0.2) is 9.37 Å². The highest BCUT2D eigenvalue weighted by molar-refractivity contribution is 6.33. The number of hydrogen-bond acceptors (Lipinski definition) is 6. The van der Waals surface area contributed by atoms with Crippen molar-refractivity contribution in [3.63, 3.8) is 0 Å². The van der Waals surface area contributed by atoms with Crippen molar-refractivity contribution in [2.75, 3.05) is 27.9 Å². The van der Waals surface area contributed by atoms with E-state index in [0.717, 1.165) is 0 Å². The number of imidazole rings is 1. The second-order valence-electron chi connectivity index (χ2n) is 6.68. The van der Waals surface area contributed by atoms with Crippen LogP contribution in [0.1, 0.15) is 11.9 Å². The van der Waals surface area contributed by atoms with Crippen LogP contribution in [0.25, 0.3) is 28.1 Å². The predicted molar refractivity (Wildman–Crippen MR) is 111 cm³/mol. The van der Waals surface area contributed by atoms with Gasteiger partial charge < -0.3 is 28.9 Å². The van der Waals surface area contributed by atoms with Gasteiger partial charge in [-0.15, -0.1) is 10.2 Å². The molecule has 0 unspecified atom stereocenters. The van der Waals surface area contributed by atoms with Crippen LogP contribution in [0.2, 0.25) is 5.02 Å². The lowest BCUT2D eigenvalue weighted by Crippen LogP contribution is -2.22. The summed E-state index contributed by atoms with van der Waals surface area (Å²) in [6, 6.07) is 1.53. The summed E-state index contributed by atoms with van der Waals surface area (Å²) in [6.07, 6.45) is 5.05. The molecule has 3 heterocycles. The van der Waals surface area contributed by atoms with E-state index in [1.54, 1.807) is 48.1 Å². The number of aromatic nitrogens is 6. The molecule has 9 nitrogen and oxygen atoms in total. The van der Waals surface area contributed by atoms with Crippen molar-refractivity contribution in [3.8, 4) is 23.0 Å². The zero-order valence-electron chi connectivity index (χ0n) is 16.9. The van der Waals surface area contributed by atoms with Gasteiger partial charge in [0, 0.05) is 31.9 Å². The summed E-state index contributed by atoms with van der Waals surface area (Å²) >= 11 is 6.19. The van der Waals surface area contributed by atoms with Crippen LogP contribution in [0.3, 0.4) is 0 Å². The van der Waals surface area contributed by atoms with Gasteiger partial charge in [0.1, 0.15) is 22.3 Å². The Kier molecular flexibility index (Phi) is 5.46. The summed E-state index contributed by atoms with van der Waals surface area (Å²) in [5.74, 6) is 0.743. The first-order valence-electron chi connectivity index (χ1n) is 9.13. The number of rotatable bonds is 7. The SMILES string of the molecule is CN[C@@H](COC)c1nnc(-c2c(-n3ccnc3)c3cc(OC)c(Cl)c(F)c3n2C)[nH]1. The third-order valence-corrected chi connectivity index (χ3v) is 5.37. The molecule has 3 aromatic heterocycles. The van der Waals surface area contributed by atoms with Crippen molar-refractivity contribution in [1.29, 1.82) is 0 Å². The molecule has 1 atom stereocenters. The summed E-state index contributed by atoms with van der Waals surface area (Å²) in [4.78, 5) is 7.36. The molecule has 0 aliphatic rings. The fraction of sp³-hybridized carbons (Fsp3) is 0.316. The largest absolute Gasteiger partial charge is 0.495 e. The summed E-state index contributed by atoms with van der Waals surface area (Å²) < 4.78 is 29.2. The Bertz CT molecular complexity index is 1190. The Balaban J connectivity index is 2.01. The van der Waals surface area contributed by atoms with E-state index in [9.17, 15) is 0 Å². The van der Waals surface area contributed by atoms with Crippen LogP contribution in [0.15, 0.2) is 24.8 Å². The van der Waals surface area contributed by atoms with Crippen LogP contribution in [0.5, 0.6) is 5.75 Å². The normalized spacial score (nSPS) is 12.6. The Hall–Kier alpha value is -2.95. The number of aryl methyl sites for hydroxylation is 1. The molecule has 0 radical (unpaired) electrons. The lowest BCUT2D eigenvalue weighted by atomic mass is 10.2. The zero-order chi connectivity index (χ0) is 21.4. The number of nitrogens with one attached hydrogen (secondary N) is 2. The highest BCUT2D eigenvalue weighted by atomic mass is 35.5. The number of benzene rings is 1. The maximum Gasteiger partial charge on any atom is 0.180 e. The van der Waals surface area contributed by atoms with Gasteiger partial charge in [0.25, 0.3) is 0 Å². The zero-order valence-corrected chi connectivity index (χ0v) is 17.7. The minimum Gasteiger partial charge on any atom is -0.495 e. The molecule has 0 aliphatic carbocycles. The summed E-state index contributed by atoms with van der Waals surface area (Å²) in [6.45, 7) is 0.413. The number of fused-ring (bicyclic) bond motifs is 1. The highest BCUT2D eigenvalue weighted by Crippen LogP contribution is 2.41. The van der Waals surface area contributed by atoms with Gasteiger partial charge in [-0.1, -0.05) is 11.6 Å². The first-order chi connectivity index (χ1) is 14.5. The second kappa shape index (κ2) is 8.05. The van der Waals surface area contributed by atoms with E-state index >= 15 is 4.39 Å². The number of methoxy groups -OCH3 is 2. The van der Waals surface area contributed by atoms with E-state index in [1.165, 1.54) is 7.11 Å². The van der Waals surface area contributed by atoms with Crippen molar-refractivity contribution in [2.24, 2.45) is 7.05 Å². The predicted octanol–water partition coefficient (Wildman–Crippen LogP) is 2.86. The molecule has 2 N–H and O–H groups in total. The maximum absolute atomic E-state index is 15.2. The average molecular weight is 434 g/mol.